The van der Waals surface area contributed by atoms with E-state index in [1.54, 1.807) is 0 Å². The van der Waals surface area contributed by atoms with E-state index in [1.807, 2.05) is 45.0 Å². The minimum atomic E-state index is -0.972. The highest BCUT2D eigenvalue weighted by Crippen LogP contribution is 2.19. The number of benzene rings is 1. The molecule has 1 rings (SSSR count). The predicted molar refractivity (Wildman–Crippen MR) is 75.5 cm³/mol. The molecule has 1 aromatic rings. The van der Waals surface area contributed by atoms with Crippen molar-refractivity contribution >= 4 is 11.9 Å². The van der Waals surface area contributed by atoms with Gasteiger partial charge in [-0.15, -0.1) is 0 Å². The molecule has 0 radical (unpaired) electrons. The standard InChI is InChI=1S/C15H21NO4/c1-15(2,3)20-12-6-4-5-11(9-12)10-16-13(17)7-8-14(18)19/h4-6,9H,7-8,10H2,1-3H3,(H,16,17)(H,18,19). The molecule has 0 saturated carbocycles. The van der Waals surface area contributed by atoms with Crippen LogP contribution in [-0.2, 0) is 16.1 Å². The first-order chi connectivity index (χ1) is 9.26. The number of carbonyl (C=O) groups excluding carboxylic acids is 1. The summed E-state index contributed by atoms with van der Waals surface area (Å²) in [5.74, 6) is -0.495. The number of carboxylic acid groups (broad SMARTS) is 1. The van der Waals surface area contributed by atoms with Crippen molar-refractivity contribution in [2.24, 2.45) is 0 Å². The summed E-state index contributed by atoms with van der Waals surface area (Å²) >= 11 is 0. The van der Waals surface area contributed by atoms with Gasteiger partial charge < -0.3 is 15.2 Å². The third kappa shape index (κ3) is 6.78. The van der Waals surface area contributed by atoms with Gasteiger partial charge in [0.15, 0.2) is 0 Å². The summed E-state index contributed by atoms with van der Waals surface area (Å²) in [5, 5.41) is 11.2. The largest absolute Gasteiger partial charge is 0.488 e. The highest BCUT2D eigenvalue weighted by Gasteiger charge is 2.12. The number of hydrogen-bond donors (Lipinski definition) is 2. The van der Waals surface area contributed by atoms with Crippen molar-refractivity contribution in [3.05, 3.63) is 29.8 Å². The van der Waals surface area contributed by atoms with Gasteiger partial charge in [-0.05, 0) is 38.5 Å². The van der Waals surface area contributed by atoms with Crippen molar-refractivity contribution in [1.29, 1.82) is 0 Å². The van der Waals surface area contributed by atoms with Crippen molar-refractivity contribution in [2.75, 3.05) is 0 Å². The molecule has 0 fully saturated rings. The van der Waals surface area contributed by atoms with E-state index in [1.165, 1.54) is 0 Å². The fourth-order valence-corrected chi connectivity index (χ4v) is 1.58. The van der Waals surface area contributed by atoms with Crippen LogP contribution in [0, 0.1) is 0 Å². The summed E-state index contributed by atoms with van der Waals surface area (Å²) in [5.41, 5.74) is 0.638. The van der Waals surface area contributed by atoms with Crippen molar-refractivity contribution < 1.29 is 19.4 Å². The van der Waals surface area contributed by atoms with E-state index in [4.69, 9.17) is 9.84 Å². The average molecular weight is 279 g/mol. The van der Waals surface area contributed by atoms with Crippen LogP contribution in [0.2, 0.25) is 0 Å². The summed E-state index contributed by atoms with van der Waals surface area (Å²) < 4.78 is 5.74. The number of rotatable bonds is 6. The van der Waals surface area contributed by atoms with E-state index >= 15 is 0 Å². The molecule has 110 valence electrons. The molecule has 0 spiro atoms. The van der Waals surface area contributed by atoms with Crippen molar-refractivity contribution in [3.63, 3.8) is 0 Å². The monoisotopic (exact) mass is 279 g/mol. The molecule has 2 N–H and O–H groups in total. The molecular formula is C15H21NO4. The Balaban J connectivity index is 2.50. The maximum absolute atomic E-state index is 11.4. The summed E-state index contributed by atoms with van der Waals surface area (Å²) in [6.45, 7) is 6.26. The SMILES string of the molecule is CC(C)(C)Oc1cccc(CNC(=O)CCC(=O)O)c1. The van der Waals surface area contributed by atoms with Crippen LogP contribution >= 0.6 is 0 Å². The van der Waals surface area contributed by atoms with E-state index in [0.29, 0.717) is 6.54 Å². The first kappa shape index (κ1) is 16.0. The first-order valence-corrected chi connectivity index (χ1v) is 6.53. The third-order valence-electron chi connectivity index (χ3n) is 2.38. The number of carboxylic acids is 1. The summed E-state index contributed by atoms with van der Waals surface area (Å²) in [6.07, 6.45) is -0.160. The number of carbonyl (C=O) groups is 2. The smallest absolute Gasteiger partial charge is 0.303 e. The molecule has 5 heteroatoms. The van der Waals surface area contributed by atoms with Crippen LogP contribution in [0.25, 0.3) is 0 Å². The summed E-state index contributed by atoms with van der Waals surface area (Å²) in [6, 6.07) is 7.47. The molecular weight excluding hydrogens is 258 g/mol. The Kier molecular flexibility index (Phi) is 5.55. The molecule has 0 aromatic heterocycles. The topological polar surface area (TPSA) is 75.6 Å². The first-order valence-electron chi connectivity index (χ1n) is 6.53. The van der Waals surface area contributed by atoms with Crippen LogP contribution in [-0.4, -0.2) is 22.6 Å². The normalized spacial score (nSPS) is 10.9. The van der Waals surface area contributed by atoms with Gasteiger partial charge in [0.05, 0.1) is 6.42 Å². The maximum atomic E-state index is 11.4. The van der Waals surface area contributed by atoms with Gasteiger partial charge in [-0.25, -0.2) is 0 Å². The minimum absolute atomic E-state index is 0.00643. The van der Waals surface area contributed by atoms with Gasteiger partial charge in [0.25, 0.3) is 0 Å². The zero-order chi connectivity index (χ0) is 15.2. The van der Waals surface area contributed by atoms with Crippen LogP contribution < -0.4 is 10.1 Å². The lowest BCUT2D eigenvalue weighted by atomic mass is 10.1. The van der Waals surface area contributed by atoms with Gasteiger partial charge in [0.1, 0.15) is 11.4 Å². The second kappa shape index (κ2) is 6.93. The number of aliphatic carboxylic acids is 1. The Morgan fingerprint density at radius 2 is 1.95 bits per heavy atom. The molecule has 0 aliphatic carbocycles. The van der Waals surface area contributed by atoms with Gasteiger partial charge in [0.2, 0.25) is 5.91 Å². The molecule has 20 heavy (non-hydrogen) atoms. The van der Waals surface area contributed by atoms with Crippen LogP contribution in [0.15, 0.2) is 24.3 Å². The van der Waals surface area contributed by atoms with E-state index in [-0.39, 0.29) is 24.3 Å². The second-order valence-corrected chi connectivity index (χ2v) is 5.53. The number of hydrogen-bond acceptors (Lipinski definition) is 3. The molecule has 0 aliphatic heterocycles. The molecule has 0 bridgehead atoms. The van der Waals surface area contributed by atoms with Crippen LogP contribution in [0.1, 0.15) is 39.2 Å². The van der Waals surface area contributed by atoms with Gasteiger partial charge in [-0.2, -0.15) is 0 Å². The molecule has 0 aliphatic rings. The lowest BCUT2D eigenvalue weighted by Crippen LogP contribution is -2.24. The predicted octanol–water partition coefficient (Wildman–Crippen LogP) is 2.34. The van der Waals surface area contributed by atoms with E-state index in [2.05, 4.69) is 5.32 Å². The highest BCUT2D eigenvalue weighted by atomic mass is 16.5. The van der Waals surface area contributed by atoms with Crippen molar-refractivity contribution in [1.82, 2.24) is 5.32 Å². The minimum Gasteiger partial charge on any atom is -0.488 e. The van der Waals surface area contributed by atoms with Crippen LogP contribution in [0.3, 0.4) is 0 Å². The summed E-state index contributed by atoms with van der Waals surface area (Å²) in [4.78, 5) is 21.8. The van der Waals surface area contributed by atoms with Crippen molar-refractivity contribution in [3.8, 4) is 5.75 Å². The van der Waals surface area contributed by atoms with Gasteiger partial charge in [-0.1, -0.05) is 12.1 Å². The maximum Gasteiger partial charge on any atom is 0.303 e. The van der Waals surface area contributed by atoms with E-state index in [9.17, 15) is 9.59 Å². The Morgan fingerprint density at radius 3 is 2.55 bits per heavy atom. The zero-order valence-corrected chi connectivity index (χ0v) is 12.1. The molecule has 0 saturated heterocycles. The van der Waals surface area contributed by atoms with Gasteiger partial charge in [-0.3, -0.25) is 9.59 Å². The quantitative estimate of drug-likeness (QED) is 0.838. The second-order valence-electron chi connectivity index (χ2n) is 5.53. The molecule has 1 aromatic carbocycles. The molecule has 1 amide bonds. The molecule has 0 heterocycles. The molecule has 0 atom stereocenters. The Bertz CT molecular complexity index is 477. The van der Waals surface area contributed by atoms with Gasteiger partial charge in [0, 0.05) is 13.0 Å². The fraction of sp³-hybridized carbons (Fsp3) is 0.467. The van der Waals surface area contributed by atoms with Gasteiger partial charge >= 0.3 is 5.97 Å². The molecule has 0 unspecified atom stereocenters. The van der Waals surface area contributed by atoms with Crippen LogP contribution in [0.4, 0.5) is 0 Å². The average Bonchev–Trinajstić information content (AvgIpc) is 2.32. The van der Waals surface area contributed by atoms with E-state index in [0.717, 1.165) is 11.3 Å². The lowest BCUT2D eigenvalue weighted by molar-refractivity contribution is -0.138. The van der Waals surface area contributed by atoms with Crippen LogP contribution in [0.5, 0.6) is 5.75 Å². The molecule has 5 nitrogen and oxygen atoms in total. The fourth-order valence-electron chi connectivity index (χ4n) is 1.58. The number of amides is 1. The third-order valence-corrected chi connectivity index (χ3v) is 2.38. The lowest BCUT2D eigenvalue weighted by Gasteiger charge is -2.21. The highest BCUT2D eigenvalue weighted by molar-refractivity contribution is 5.80. The number of nitrogens with one attached hydrogen (secondary N) is 1. The van der Waals surface area contributed by atoms with E-state index < -0.39 is 5.97 Å². The Hall–Kier alpha value is -2.04. The Morgan fingerprint density at radius 1 is 1.25 bits per heavy atom. The van der Waals surface area contributed by atoms with Crippen molar-refractivity contribution in [2.45, 2.75) is 45.8 Å². The Labute approximate surface area is 118 Å². The number of ether oxygens (including phenoxy) is 1. The zero-order valence-electron chi connectivity index (χ0n) is 12.1. The summed E-state index contributed by atoms with van der Waals surface area (Å²) in [7, 11) is 0.